The molecule has 0 fully saturated rings. The van der Waals surface area contributed by atoms with Gasteiger partial charge in [-0.2, -0.15) is 0 Å². The zero-order valence-corrected chi connectivity index (χ0v) is 17.2. The van der Waals surface area contributed by atoms with Gasteiger partial charge in [0, 0.05) is 38.1 Å². The van der Waals surface area contributed by atoms with Gasteiger partial charge in [0.2, 0.25) is 11.8 Å². The molecule has 2 amide bonds. The second-order valence-electron chi connectivity index (χ2n) is 7.17. The van der Waals surface area contributed by atoms with E-state index in [2.05, 4.69) is 26.6 Å². The maximum Gasteiger partial charge on any atom is 0.303 e. The molecule has 27 heavy (non-hydrogen) atoms. The summed E-state index contributed by atoms with van der Waals surface area (Å²) in [4.78, 5) is 35.1. The first-order valence-corrected chi connectivity index (χ1v) is 9.61. The molecule has 0 aliphatic rings. The lowest BCUT2D eigenvalue weighted by Crippen LogP contribution is -2.52. The first kappa shape index (κ1) is 25.3. The number of carboxylic acids is 1. The standard InChI is InChI=1S/C18H37N5O4/c1-12(2)22-14(7-8-16(24)25)17(26)20-9-6-10-21-18(27)15(11-19-5)23-13(3)4/h12-15,19,22-23H,6-11H2,1-5H3,(H,20,26)(H,21,27)(H,24,25)/t14-,15-/m0/s1. The van der Waals surface area contributed by atoms with Crippen molar-refractivity contribution in [2.75, 3.05) is 26.7 Å². The Hall–Kier alpha value is -1.71. The van der Waals surface area contributed by atoms with Gasteiger partial charge in [-0.3, -0.25) is 14.4 Å². The Morgan fingerprint density at radius 3 is 1.78 bits per heavy atom. The van der Waals surface area contributed by atoms with E-state index in [0.717, 1.165) is 0 Å². The second kappa shape index (κ2) is 14.4. The van der Waals surface area contributed by atoms with Gasteiger partial charge in [-0.15, -0.1) is 0 Å². The fourth-order valence-electron chi connectivity index (χ4n) is 2.55. The summed E-state index contributed by atoms with van der Waals surface area (Å²) in [7, 11) is 1.80. The van der Waals surface area contributed by atoms with Crippen LogP contribution in [0.1, 0.15) is 47.0 Å². The minimum Gasteiger partial charge on any atom is -0.481 e. The number of rotatable bonds is 15. The number of carbonyl (C=O) groups is 3. The van der Waals surface area contributed by atoms with E-state index in [0.29, 0.717) is 26.1 Å². The first-order chi connectivity index (χ1) is 12.7. The molecule has 0 rings (SSSR count). The molecular formula is C18H37N5O4. The van der Waals surface area contributed by atoms with Gasteiger partial charge in [-0.25, -0.2) is 0 Å². The summed E-state index contributed by atoms with van der Waals surface area (Å²) in [5.41, 5.74) is 0. The van der Waals surface area contributed by atoms with Crippen LogP contribution in [0.15, 0.2) is 0 Å². The van der Waals surface area contributed by atoms with Crippen molar-refractivity contribution >= 4 is 17.8 Å². The molecule has 0 saturated heterocycles. The predicted molar refractivity (Wildman–Crippen MR) is 106 cm³/mol. The average Bonchev–Trinajstić information content (AvgIpc) is 2.56. The van der Waals surface area contributed by atoms with Gasteiger partial charge in [0.05, 0.1) is 12.1 Å². The summed E-state index contributed by atoms with van der Waals surface area (Å²) in [6.45, 7) is 9.18. The van der Waals surface area contributed by atoms with Gasteiger partial charge in [-0.05, 0) is 19.9 Å². The van der Waals surface area contributed by atoms with Gasteiger partial charge in [0.25, 0.3) is 0 Å². The van der Waals surface area contributed by atoms with Crippen LogP contribution in [0.4, 0.5) is 0 Å². The fourth-order valence-corrected chi connectivity index (χ4v) is 2.55. The lowest BCUT2D eigenvalue weighted by Gasteiger charge is -2.21. The Kier molecular flexibility index (Phi) is 13.5. The maximum absolute atomic E-state index is 12.2. The number of likely N-dealkylation sites (N-methyl/N-ethyl adjacent to an activating group) is 1. The molecule has 0 aromatic carbocycles. The molecule has 0 bridgehead atoms. The minimum atomic E-state index is -0.924. The van der Waals surface area contributed by atoms with E-state index < -0.39 is 12.0 Å². The molecule has 9 nitrogen and oxygen atoms in total. The summed E-state index contributed by atoms with van der Waals surface area (Å²) in [5.74, 6) is -1.22. The molecule has 0 aliphatic heterocycles. The molecule has 158 valence electrons. The van der Waals surface area contributed by atoms with Crippen molar-refractivity contribution in [3.05, 3.63) is 0 Å². The Balaban J connectivity index is 4.22. The zero-order chi connectivity index (χ0) is 20.8. The summed E-state index contributed by atoms with van der Waals surface area (Å²) >= 11 is 0. The lowest BCUT2D eigenvalue weighted by atomic mass is 10.1. The summed E-state index contributed by atoms with van der Waals surface area (Å²) in [6.07, 6.45) is 0.769. The van der Waals surface area contributed by atoms with Crippen LogP contribution in [0.2, 0.25) is 0 Å². The number of hydrogen-bond donors (Lipinski definition) is 6. The molecule has 0 aromatic heterocycles. The second-order valence-corrected chi connectivity index (χ2v) is 7.17. The van der Waals surface area contributed by atoms with Crippen LogP contribution in [-0.2, 0) is 14.4 Å². The summed E-state index contributed by atoms with van der Waals surface area (Å²) in [5, 5.41) is 23.7. The third-order valence-electron chi connectivity index (χ3n) is 3.71. The summed E-state index contributed by atoms with van der Waals surface area (Å²) in [6, 6.07) is -0.567. The van der Waals surface area contributed by atoms with E-state index in [4.69, 9.17) is 5.11 Å². The smallest absolute Gasteiger partial charge is 0.303 e. The third kappa shape index (κ3) is 13.2. The van der Waals surface area contributed by atoms with Gasteiger partial charge >= 0.3 is 5.97 Å². The van der Waals surface area contributed by atoms with Crippen molar-refractivity contribution in [3.8, 4) is 0 Å². The maximum atomic E-state index is 12.2. The number of aliphatic carboxylic acids is 1. The number of hydrogen-bond acceptors (Lipinski definition) is 6. The van der Waals surface area contributed by atoms with Crippen LogP contribution in [0, 0.1) is 0 Å². The van der Waals surface area contributed by atoms with Crippen molar-refractivity contribution in [2.24, 2.45) is 0 Å². The molecule has 0 heterocycles. The number of carbonyl (C=O) groups excluding carboxylic acids is 2. The molecule has 0 radical (unpaired) electrons. The molecule has 0 unspecified atom stereocenters. The number of amides is 2. The van der Waals surface area contributed by atoms with Crippen LogP contribution in [0.3, 0.4) is 0 Å². The van der Waals surface area contributed by atoms with Crippen LogP contribution >= 0.6 is 0 Å². The molecule has 9 heteroatoms. The zero-order valence-electron chi connectivity index (χ0n) is 17.2. The topological polar surface area (TPSA) is 132 Å². The van der Waals surface area contributed by atoms with E-state index in [1.54, 1.807) is 7.05 Å². The highest BCUT2D eigenvalue weighted by molar-refractivity contribution is 5.83. The quantitative estimate of drug-likeness (QED) is 0.207. The van der Waals surface area contributed by atoms with E-state index in [9.17, 15) is 14.4 Å². The average molecular weight is 388 g/mol. The van der Waals surface area contributed by atoms with Gasteiger partial charge in [0.1, 0.15) is 0 Å². The van der Waals surface area contributed by atoms with Crippen molar-refractivity contribution in [2.45, 2.75) is 71.1 Å². The van der Waals surface area contributed by atoms with Crippen LogP contribution in [-0.4, -0.2) is 73.7 Å². The SMILES string of the molecule is CNC[C@H](NC(C)C)C(=O)NCCCNC(=O)[C@H](CCC(=O)O)NC(C)C. The highest BCUT2D eigenvalue weighted by Crippen LogP contribution is 2.00. The molecule has 0 aliphatic carbocycles. The minimum absolute atomic E-state index is 0.0659. The van der Waals surface area contributed by atoms with Gasteiger partial charge in [-0.1, -0.05) is 27.7 Å². The van der Waals surface area contributed by atoms with Gasteiger partial charge in [0.15, 0.2) is 0 Å². The highest BCUT2D eigenvalue weighted by Gasteiger charge is 2.20. The Morgan fingerprint density at radius 2 is 1.33 bits per heavy atom. The van der Waals surface area contributed by atoms with E-state index >= 15 is 0 Å². The largest absolute Gasteiger partial charge is 0.481 e. The number of nitrogens with one attached hydrogen (secondary N) is 5. The molecule has 6 N–H and O–H groups in total. The highest BCUT2D eigenvalue weighted by atomic mass is 16.4. The lowest BCUT2D eigenvalue weighted by molar-refractivity contribution is -0.137. The molecule has 0 saturated carbocycles. The fraction of sp³-hybridized carbons (Fsp3) is 0.833. The Labute approximate surface area is 162 Å². The van der Waals surface area contributed by atoms with Crippen molar-refractivity contribution in [1.82, 2.24) is 26.6 Å². The Morgan fingerprint density at radius 1 is 0.852 bits per heavy atom. The molecule has 0 spiro atoms. The Bertz CT molecular complexity index is 457. The third-order valence-corrected chi connectivity index (χ3v) is 3.71. The van der Waals surface area contributed by atoms with Crippen LogP contribution < -0.4 is 26.6 Å². The van der Waals surface area contributed by atoms with E-state index in [1.165, 1.54) is 0 Å². The van der Waals surface area contributed by atoms with Crippen molar-refractivity contribution < 1.29 is 19.5 Å². The van der Waals surface area contributed by atoms with Crippen LogP contribution in [0.25, 0.3) is 0 Å². The first-order valence-electron chi connectivity index (χ1n) is 9.61. The predicted octanol–water partition coefficient (Wildman–Crippen LogP) is -0.574. The molecule has 0 aromatic rings. The van der Waals surface area contributed by atoms with E-state index in [1.807, 2.05) is 27.7 Å². The van der Waals surface area contributed by atoms with Crippen molar-refractivity contribution in [1.29, 1.82) is 0 Å². The normalized spacial score (nSPS) is 13.4. The molecular weight excluding hydrogens is 350 g/mol. The summed E-state index contributed by atoms with van der Waals surface area (Å²) < 4.78 is 0. The molecule has 2 atom stereocenters. The monoisotopic (exact) mass is 387 g/mol. The van der Waals surface area contributed by atoms with Crippen LogP contribution in [0.5, 0.6) is 0 Å². The number of carboxylic acid groups (broad SMARTS) is 1. The van der Waals surface area contributed by atoms with E-state index in [-0.39, 0.29) is 42.8 Å². The van der Waals surface area contributed by atoms with Crippen molar-refractivity contribution in [3.63, 3.8) is 0 Å². The van der Waals surface area contributed by atoms with Gasteiger partial charge < -0.3 is 31.7 Å².